The molecule has 0 spiro atoms. The highest BCUT2D eigenvalue weighted by Gasteiger charge is 2.24. The topological polar surface area (TPSA) is 111 Å². The van der Waals surface area contributed by atoms with E-state index in [1.807, 2.05) is 19.2 Å². The number of aryl methyl sites for hydroxylation is 2. The number of hydrogen-bond donors (Lipinski definition) is 3. The molecular formula is C24H34N4O3S. The Hall–Kier alpha value is -2.26. The first-order chi connectivity index (χ1) is 15.4. The van der Waals surface area contributed by atoms with Crippen LogP contribution in [0.4, 0.5) is 10.5 Å². The van der Waals surface area contributed by atoms with E-state index in [2.05, 4.69) is 16.3 Å². The molecule has 8 heteroatoms. The molecule has 2 amide bonds. The van der Waals surface area contributed by atoms with Gasteiger partial charge in [-0.25, -0.2) is 14.1 Å². The Morgan fingerprint density at radius 2 is 1.69 bits per heavy atom. The molecule has 0 aromatic heterocycles. The number of likely N-dealkylation sites (N-methyl/N-ethyl adjacent to an activating group) is 1. The highest BCUT2D eigenvalue weighted by atomic mass is 32.2. The summed E-state index contributed by atoms with van der Waals surface area (Å²) >= 11 is 0. The van der Waals surface area contributed by atoms with Crippen molar-refractivity contribution in [3.8, 4) is 0 Å². The summed E-state index contributed by atoms with van der Waals surface area (Å²) in [4.78, 5) is 13.9. The number of benzene rings is 2. The van der Waals surface area contributed by atoms with Gasteiger partial charge in [0.15, 0.2) is 0 Å². The molecular weight excluding hydrogens is 424 g/mol. The number of nitrogens with two attached hydrogens (primary N) is 2. The molecule has 7 nitrogen and oxygen atoms in total. The number of hydrogen-bond acceptors (Lipinski definition) is 4. The van der Waals surface area contributed by atoms with Gasteiger partial charge in [0.25, 0.3) is 0 Å². The number of primary amides is 1. The summed E-state index contributed by atoms with van der Waals surface area (Å²) in [6.07, 6.45) is 6.86. The van der Waals surface area contributed by atoms with Crippen molar-refractivity contribution in [2.45, 2.75) is 50.0 Å². The minimum atomic E-state index is -1.39. The van der Waals surface area contributed by atoms with Crippen LogP contribution in [-0.4, -0.2) is 42.4 Å². The predicted molar refractivity (Wildman–Crippen MR) is 129 cm³/mol. The van der Waals surface area contributed by atoms with Gasteiger partial charge in [0.1, 0.15) is 11.0 Å². The number of methoxy groups -OCH3 is 1. The van der Waals surface area contributed by atoms with Crippen molar-refractivity contribution in [3.63, 3.8) is 0 Å². The van der Waals surface area contributed by atoms with E-state index in [1.54, 1.807) is 19.2 Å². The van der Waals surface area contributed by atoms with Gasteiger partial charge >= 0.3 is 6.03 Å². The molecule has 1 unspecified atom stereocenters. The van der Waals surface area contributed by atoms with E-state index in [-0.39, 0.29) is 0 Å². The fourth-order valence-corrected chi connectivity index (χ4v) is 4.86. The van der Waals surface area contributed by atoms with Gasteiger partial charge in [0.2, 0.25) is 0 Å². The molecule has 0 fully saturated rings. The molecule has 0 saturated carbocycles. The Morgan fingerprint density at radius 1 is 1.09 bits per heavy atom. The summed E-state index contributed by atoms with van der Waals surface area (Å²) in [7, 11) is 2.34. The normalized spacial score (nSPS) is 15.0. The second-order valence-electron chi connectivity index (χ2n) is 8.40. The number of fused-ring (bicyclic) bond motifs is 2. The Bertz CT molecular complexity index is 930. The quantitative estimate of drug-likeness (QED) is 0.592. The summed E-state index contributed by atoms with van der Waals surface area (Å²) < 4.78 is 16.0. The van der Waals surface area contributed by atoms with Crippen LogP contribution < -0.4 is 16.2 Å². The van der Waals surface area contributed by atoms with Crippen molar-refractivity contribution in [2.24, 2.45) is 10.9 Å². The van der Waals surface area contributed by atoms with Gasteiger partial charge in [-0.05, 0) is 85.5 Å². The molecule has 1 atom stereocenters. The Balaban J connectivity index is 0.000000181. The number of nitrogens with zero attached hydrogens (tertiary/aromatic N) is 1. The van der Waals surface area contributed by atoms with Crippen LogP contribution in [0.5, 0.6) is 0 Å². The average Bonchev–Trinajstić information content (AvgIpc) is 3.42. The number of anilines is 1. The first kappa shape index (κ1) is 24.4. The van der Waals surface area contributed by atoms with Gasteiger partial charge in [0, 0.05) is 25.9 Å². The molecule has 2 aliphatic carbocycles. The average molecular weight is 459 g/mol. The minimum Gasteiger partial charge on any atom is -0.383 e. The predicted octanol–water partition coefficient (Wildman–Crippen LogP) is 2.90. The van der Waals surface area contributed by atoms with Crippen molar-refractivity contribution in [1.82, 2.24) is 4.90 Å². The van der Waals surface area contributed by atoms with Crippen molar-refractivity contribution in [2.75, 3.05) is 32.6 Å². The second kappa shape index (κ2) is 11.6. The zero-order chi connectivity index (χ0) is 23.1. The van der Waals surface area contributed by atoms with Crippen LogP contribution in [0.3, 0.4) is 0 Å². The number of nitrogens with one attached hydrogen (secondary N) is 1. The highest BCUT2D eigenvalue weighted by molar-refractivity contribution is 7.82. The molecule has 174 valence electrons. The van der Waals surface area contributed by atoms with Gasteiger partial charge in [0.05, 0.1) is 11.5 Å². The maximum Gasteiger partial charge on any atom is 0.316 e. The number of rotatable bonds is 7. The largest absolute Gasteiger partial charge is 0.383 e. The van der Waals surface area contributed by atoms with E-state index >= 15 is 0 Å². The molecule has 0 aliphatic heterocycles. The summed E-state index contributed by atoms with van der Waals surface area (Å²) in [6.45, 7) is 2.46. The third-order valence-electron chi connectivity index (χ3n) is 6.01. The van der Waals surface area contributed by atoms with E-state index in [1.165, 1.54) is 40.7 Å². The van der Waals surface area contributed by atoms with E-state index in [0.29, 0.717) is 4.90 Å². The van der Waals surface area contributed by atoms with Crippen molar-refractivity contribution >= 4 is 22.7 Å². The number of carbonyl (C=O) groups excluding carboxylic acids is 1. The van der Waals surface area contributed by atoms with Crippen LogP contribution in [-0.2, 0) is 48.0 Å². The summed E-state index contributed by atoms with van der Waals surface area (Å²) in [6, 6.07) is 9.41. The number of carbonyl (C=O) groups is 1. The van der Waals surface area contributed by atoms with Crippen LogP contribution in [0.1, 0.15) is 40.7 Å². The standard InChI is InChI=1S/C13H16N2O.C11H18N2O2S/c14-13(16)15-12-10-5-1-3-8(10)7-9-4-2-6-11(9)12;1-13(7-8-15-2)9-10-3-5-11(6-4-10)16(12)14/h7H,1-6H2,(H3,14,15,16);3-6H,7-9,12H2,1-2H3. The molecule has 2 aromatic carbocycles. The van der Waals surface area contributed by atoms with Gasteiger partial charge in [-0.1, -0.05) is 18.2 Å². The van der Waals surface area contributed by atoms with Crippen LogP contribution >= 0.6 is 0 Å². The molecule has 0 saturated heterocycles. The second-order valence-corrected chi connectivity index (χ2v) is 9.46. The minimum absolute atomic E-state index is 0.436. The van der Waals surface area contributed by atoms with Crippen LogP contribution in [0, 0.1) is 0 Å². The summed E-state index contributed by atoms with van der Waals surface area (Å²) in [5.74, 6) is 0. The molecule has 4 rings (SSSR count). The number of amides is 2. The number of ether oxygens (including phenoxy) is 1. The maximum atomic E-state index is 11.1. The highest BCUT2D eigenvalue weighted by Crippen LogP contribution is 2.38. The molecule has 2 aliphatic rings. The lowest BCUT2D eigenvalue weighted by Crippen LogP contribution is -2.22. The smallest absolute Gasteiger partial charge is 0.316 e. The van der Waals surface area contributed by atoms with Gasteiger partial charge < -0.3 is 15.8 Å². The molecule has 0 bridgehead atoms. The van der Waals surface area contributed by atoms with Crippen LogP contribution in [0.25, 0.3) is 0 Å². The lowest BCUT2D eigenvalue weighted by atomic mass is 9.99. The third-order valence-corrected chi connectivity index (χ3v) is 6.74. The molecule has 0 radical (unpaired) electrons. The van der Waals surface area contributed by atoms with Gasteiger partial charge in [-0.2, -0.15) is 0 Å². The first-order valence-corrected chi connectivity index (χ1v) is 12.3. The SMILES string of the molecule is COCCN(C)Cc1ccc(S(N)=O)cc1.NC(=O)Nc1c2c(cc3c1CCC3)CCC2. The Kier molecular flexibility index (Phi) is 8.81. The third kappa shape index (κ3) is 6.38. The van der Waals surface area contributed by atoms with Crippen molar-refractivity contribution < 1.29 is 13.7 Å². The van der Waals surface area contributed by atoms with Crippen molar-refractivity contribution in [1.29, 1.82) is 0 Å². The van der Waals surface area contributed by atoms with Crippen LogP contribution in [0.2, 0.25) is 0 Å². The Labute approximate surface area is 193 Å². The van der Waals surface area contributed by atoms with Crippen LogP contribution in [0.15, 0.2) is 35.2 Å². The first-order valence-electron chi connectivity index (χ1n) is 11.0. The zero-order valence-corrected chi connectivity index (χ0v) is 19.8. The van der Waals surface area contributed by atoms with Crippen molar-refractivity contribution in [3.05, 3.63) is 58.1 Å². The molecule has 0 heterocycles. The number of urea groups is 1. The summed E-state index contributed by atoms with van der Waals surface area (Å²) in [5.41, 5.74) is 13.0. The zero-order valence-electron chi connectivity index (χ0n) is 19.0. The lowest BCUT2D eigenvalue weighted by Gasteiger charge is -2.15. The van der Waals surface area contributed by atoms with Gasteiger partial charge in [-0.3, -0.25) is 4.90 Å². The van der Waals surface area contributed by atoms with Gasteiger partial charge in [-0.15, -0.1) is 0 Å². The lowest BCUT2D eigenvalue weighted by molar-refractivity contribution is 0.158. The molecule has 32 heavy (non-hydrogen) atoms. The van der Waals surface area contributed by atoms with E-state index in [9.17, 15) is 9.00 Å². The maximum absolute atomic E-state index is 11.1. The molecule has 2 aromatic rings. The van der Waals surface area contributed by atoms with E-state index < -0.39 is 17.0 Å². The summed E-state index contributed by atoms with van der Waals surface area (Å²) in [5, 5.41) is 8.12. The van der Waals surface area contributed by atoms with E-state index in [0.717, 1.165) is 51.1 Å². The fourth-order valence-electron chi connectivity index (χ4n) is 4.46. The monoisotopic (exact) mass is 458 g/mol. The fraction of sp³-hybridized carbons (Fsp3) is 0.458. The van der Waals surface area contributed by atoms with E-state index in [4.69, 9.17) is 15.6 Å². The Morgan fingerprint density at radius 3 is 2.19 bits per heavy atom. The molecule has 5 N–H and O–H groups in total.